The lowest BCUT2D eigenvalue weighted by molar-refractivity contribution is -0.110. The molecule has 1 aliphatic rings. The van der Waals surface area contributed by atoms with Crippen LogP contribution in [0.4, 0.5) is 17.1 Å². The highest BCUT2D eigenvalue weighted by atomic mass is 32.2. The minimum absolute atomic E-state index is 0.0656. The van der Waals surface area contributed by atoms with E-state index in [4.69, 9.17) is 0 Å². The Morgan fingerprint density at radius 2 is 1.47 bits per heavy atom. The number of carbonyl (C=O) groups is 1. The van der Waals surface area contributed by atoms with E-state index >= 15 is 0 Å². The summed E-state index contributed by atoms with van der Waals surface area (Å²) in [5.41, 5.74) is 4.12. The monoisotopic (exact) mass is 513 g/mol. The van der Waals surface area contributed by atoms with E-state index in [1.54, 1.807) is 42.1 Å². The molecule has 1 heterocycles. The minimum Gasteiger partial charge on any atom is -0.354 e. The van der Waals surface area contributed by atoms with Gasteiger partial charge in [-0.05, 0) is 66.4 Å². The van der Waals surface area contributed by atoms with Gasteiger partial charge in [-0.1, -0.05) is 48.5 Å². The van der Waals surface area contributed by atoms with Gasteiger partial charge in [-0.15, -0.1) is 11.8 Å². The Balaban J connectivity index is 1.61. The average Bonchev–Trinajstić information content (AvgIpc) is 3.23. The third-order valence-corrected chi connectivity index (χ3v) is 7.87. The summed E-state index contributed by atoms with van der Waals surface area (Å²) in [5, 5.41) is 6.28. The Labute approximate surface area is 214 Å². The van der Waals surface area contributed by atoms with Crippen molar-refractivity contribution in [1.29, 1.82) is 0 Å². The highest BCUT2D eigenvalue weighted by Gasteiger charge is 2.30. The number of amides is 1. The molecule has 0 spiro atoms. The number of benzene rings is 4. The van der Waals surface area contributed by atoms with Crippen LogP contribution in [0.2, 0.25) is 0 Å². The van der Waals surface area contributed by atoms with E-state index in [2.05, 4.69) is 15.4 Å². The standard InChI is InChI=1S/C28H23N3O3S2/c1-35-22-14-12-20(13-15-22)29-27(19-8-4-2-5-9-19)26-24-18-23(16-17-25(24)30-28(26)32)36(33,34)31-21-10-6-3-7-11-21/h2-18,29,31H,1H3,(H,30,32). The molecule has 1 amide bonds. The van der Waals surface area contributed by atoms with Gasteiger partial charge in [-0.25, -0.2) is 8.42 Å². The first-order valence-electron chi connectivity index (χ1n) is 11.2. The zero-order valence-corrected chi connectivity index (χ0v) is 21.0. The molecule has 0 aliphatic carbocycles. The predicted molar refractivity (Wildman–Crippen MR) is 147 cm³/mol. The summed E-state index contributed by atoms with van der Waals surface area (Å²) >= 11 is 1.65. The zero-order valence-electron chi connectivity index (χ0n) is 19.4. The molecule has 0 saturated carbocycles. The Hall–Kier alpha value is -4.01. The summed E-state index contributed by atoms with van der Waals surface area (Å²) in [7, 11) is -3.87. The SMILES string of the molecule is CSc1ccc(NC(=C2C(=O)Nc3ccc(S(=O)(=O)Nc4ccccc4)cc32)c2ccccc2)cc1. The van der Waals surface area contributed by atoms with E-state index in [1.807, 2.05) is 66.9 Å². The molecular weight excluding hydrogens is 490 g/mol. The lowest BCUT2D eigenvalue weighted by atomic mass is 10.00. The number of nitrogens with one attached hydrogen (secondary N) is 3. The van der Waals surface area contributed by atoms with Crippen molar-refractivity contribution in [2.45, 2.75) is 9.79 Å². The molecule has 0 aromatic heterocycles. The minimum atomic E-state index is -3.87. The summed E-state index contributed by atoms with van der Waals surface area (Å²) in [6, 6.07) is 30.8. The van der Waals surface area contributed by atoms with Gasteiger partial charge in [0.1, 0.15) is 0 Å². The van der Waals surface area contributed by atoms with Crippen LogP contribution in [0.15, 0.2) is 113 Å². The lowest BCUT2D eigenvalue weighted by Crippen LogP contribution is -2.13. The van der Waals surface area contributed by atoms with Crippen molar-refractivity contribution in [3.8, 4) is 0 Å². The fraction of sp³-hybridized carbons (Fsp3) is 0.0357. The maximum absolute atomic E-state index is 13.2. The molecule has 0 atom stereocenters. The van der Waals surface area contributed by atoms with Gasteiger partial charge < -0.3 is 10.6 Å². The molecule has 0 bridgehead atoms. The normalized spacial score (nSPS) is 14.1. The molecule has 0 radical (unpaired) electrons. The maximum Gasteiger partial charge on any atom is 0.261 e. The summed E-state index contributed by atoms with van der Waals surface area (Å²) in [5.74, 6) is -0.303. The summed E-state index contributed by atoms with van der Waals surface area (Å²) in [4.78, 5) is 14.4. The fourth-order valence-corrected chi connectivity index (χ4v) is 5.48. The number of hydrogen-bond donors (Lipinski definition) is 3. The summed E-state index contributed by atoms with van der Waals surface area (Å²) in [6.45, 7) is 0. The van der Waals surface area contributed by atoms with Gasteiger partial charge in [0.05, 0.1) is 16.2 Å². The molecule has 8 heteroatoms. The first kappa shape index (κ1) is 23.7. The van der Waals surface area contributed by atoms with E-state index in [0.717, 1.165) is 16.1 Å². The average molecular weight is 514 g/mol. The molecule has 180 valence electrons. The lowest BCUT2D eigenvalue weighted by Gasteiger charge is -2.15. The highest BCUT2D eigenvalue weighted by molar-refractivity contribution is 7.98. The van der Waals surface area contributed by atoms with E-state index in [0.29, 0.717) is 28.2 Å². The Bertz CT molecular complexity index is 1550. The quantitative estimate of drug-likeness (QED) is 0.204. The molecule has 36 heavy (non-hydrogen) atoms. The van der Waals surface area contributed by atoms with Crippen LogP contribution in [0.1, 0.15) is 11.1 Å². The van der Waals surface area contributed by atoms with Crippen LogP contribution in [0.25, 0.3) is 11.3 Å². The number of sulfonamides is 1. The van der Waals surface area contributed by atoms with Crippen molar-refractivity contribution in [1.82, 2.24) is 0 Å². The molecule has 4 aromatic carbocycles. The van der Waals surface area contributed by atoms with Gasteiger partial charge in [0.25, 0.3) is 15.9 Å². The second kappa shape index (κ2) is 9.93. The van der Waals surface area contributed by atoms with Crippen LogP contribution < -0.4 is 15.4 Å². The zero-order chi connectivity index (χ0) is 25.1. The van der Waals surface area contributed by atoms with Crippen molar-refractivity contribution < 1.29 is 13.2 Å². The number of carbonyl (C=O) groups excluding carboxylic acids is 1. The van der Waals surface area contributed by atoms with Crippen molar-refractivity contribution in [3.05, 3.63) is 114 Å². The van der Waals surface area contributed by atoms with Crippen LogP contribution in [-0.4, -0.2) is 20.6 Å². The fourth-order valence-electron chi connectivity index (χ4n) is 3.98. The van der Waals surface area contributed by atoms with Crippen molar-refractivity contribution in [2.24, 2.45) is 0 Å². The highest BCUT2D eigenvalue weighted by Crippen LogP contribution is 2.39. The molecular formula is C28H23N3O3S2. The Morgan fingerprint density at radius 3 is 2.14 bits per heavy atom. The van der Waals surface area contributed by atoms with Gasteiger partial charge in [0.2, 0.25) is 0 Å². The van der Waals surface area contributed by atoms with Crippen LogP contribution in [-0.2, 0) is 14.8 Å². The molecule has 0 fully saturated rings. The van der Waals surface area contributed by atoms with Crippen molar-refractivity contribution in [2.75, 3.05) is 21.6 Å². The van der Waals surface area contributed by atoms with Crippen LogP contribution >= 0.6 is 11.8 Å². The molecule has 5 rings (SSSR count). The second-order valence-corrected chi connectivity index (χ2v) is 10.7. The van der Waals surface area contributed by atoms with Gasteiger partial charge in [-0.3, -0.25) is 9.52 Å². The van der Waals surface area contributed by atoms with Gasteiger partial charge in [-0.2, -0.15) is 0 Å². The van der Waals surface area contributed by atoms with E-state index in [1.165, 1.54) is 12.1 Å². The van der Waals surface area contributed by atoms with Crippen LogP contribution in [0, 0.1) is 0 Å². The van der Waals surface area contributed by atoms with Gasteiger partial charge >= 0.3 is 0 Å². The number of fused-ring (bicyclic) bond motifs is 1. The van der Waals surface area contributed by atoms with Crippen LogP contribution in [0.3, 0.4) is 0 Å². The molecule has 3 N–H and O–H groups in total. The van der Waals surface area contributed by atoms with Crippen molar-refractivity contribution in [3.63, 3.8) is 0 Å². The van der Waals surface area contributed by atoms with E-state index < -0.39 is 10.0 Å². The molecule has 1 aliphatic heterocycles. The molecule has 6 nitrogen and oxygen atoms in total. The van der Waals surface area contributed by atoms with Gasteiger partial charge in [0, 0.05) is 27.5 Å². The van der Waals surface area contributed by atoms with Crippen molar-refractivity contribution >= 4 is 56.0 Å². The Kier molecular flexibility index (Phi) is 6.54. The third-order valence-electron chi connectivity index (χ3n) is 5.74. The number of anilines is 3. The van der Waals surface area contributed by atoms with Gasteiger partial charge in [0.15, 0.2) is 0 Å². The summed E-state index contributed by atoms with van der Waals surface area (Å²) in [6.07, 6.45) is 2.01. The topological polar surface area (TPSA) is 87.3 Å². The number of thioether (sulfide) groups is 1. The third kappa shape index (κ3) is 4.86. The summed E-state index contributed by atoms with van der Waals surface area (Å²) < 4.78 is 28.9. The maximum atomic E-state index is 13.2. The largest absolute Gasteiger partial charge is 0.354 e. The first-order valence-corrected chi connectivity index (χ1v) is 13.9. The van der Waals surface area contributed by atoms with E-state index in [-0.39, 0.29) is 10.8 Å². The Morgan fingerprint density at radius 1 is 0.806 bits per heavy atom. The number of para-hydroxylation sites is 1. The molecule has 0 unspecified atom stereocenters. The molecule has 0 saturated heterocycles. The first-order chi connectivity index (χ1) is 17.4. The second-order valence-electron chi connectivity index (χ2n) is 8.10. The number of rotatable bonds is 7. The number of hydrogen-bond acceptors (Lipinski definition) is 5. The van der Waals surface area contributed by atoms with E-state index in [9.17, 15) is 13.2 Å². The van der Waals surface area contributed by atoms with Crippen LogP contribution in [0.5, 0.6) is 0 Å². The molecule has 4 aromatic rings. The predicted octanol–water partition coefficient (Wildman–Crippen LogP) is 6.14. The smallest absolute Gasteiger partial charge is 0.261 e.